The number of carbonyl (C=O) groups is 2. The summed E-state index contributed by atoms with van der Waals surface area (Å²) in [7, 11) is 0. The topological polar surface area (TPSA) is 52.7 Å². The van der Waals surface area contributed by atoms with Gasteiger partial charge in [-0.3, -0.25) is 4.79 Å². The van der Waals surface area contributed by atoms with Crippen molar-refractivity contribution in [1.29, 1.82) is 0 Å². The molecule has 7 heteroatoms. The lowest BCUT2D eigenvalue weighted by Gasteiger charge is -2.34. The lowest BCUT2D eigenvalue weighted by molar-refractivity contribution is 0.0671. The minimum Gasteiger partial charge on any atom is -0.335 e. The van der Waals surface area contributed by atoms with E-state index < -0.39 is 0 Å². The number of anilines is 1. The largest absolute Gasteiger partial charge is 0.335 e. The molecular weight excluding hydrogens is 406 g/mol. The molecule has 0 unspecified atom stereocenters. The van der Waals surface area contributed by atoms with Gasteiger partial charge in [0.1, 0.15) is 0 Å². The fraction of sp³-hybridized carbons (Fsp3) is 0.222. The molecule has 0 saturated carbocycles. The number of rotatable bonds is 2. The van der Waals surface area contributed by atoms with Gasteiger partial charge in [0.25, 0.3) is 5.91 Å². The number of carbonyl (C=O) groups excluding carboxylic acids is 2. The Morgan fingerprint density at radius 3 is 2.24 bits per heavy atom. The summed E-state index contributed by atoms with van der Waals surface area (Å²) in [6.07, 6.45) is 0. The maximum atomic E-state index is 12.4. The molecule has 1 fully saturated rings. The second-order valence-electron chi connectivity index (χ2n) is 5.70. The molecule has 25 heavy (non-hydrogen) atoms. The molecule has 0 aliphatic carbocycles. The van der Waals surface area contributed by atoms with Crippen LogP contribution < -0.4 is 5.32 Å². The summed E-state index contributed by atoms with van der Waals surface area (Å²) < 4.78 is 0.778. The van der Waals surface area contributed by atoms with Crippen LogP contribution in [0.25, 0.3) is 0 Å². The Balaban J connectivity index is 1.55. The molecule has 0 spiro atoms. The van der Waals surface area contributed by atoms with Gasteiger partial charge in [-0.1, -0.05) is 29.8 Å². The Labute approximate surface area is 159 Å². The van der Waals surface area contributed by atoms with E-state index in [0.717, 1.165) is 4.47 Å². The first-order chi connectivity index (χ1) is 12.0. The summed E-state index contributed by atoms with van der Waals surface area (Å²) in [5.74, 6) is 0.000324. The van der Waals surface area contributed by atoms with E-state index in [2.05, 4.69) is 21.2 Å². The van der Waals surface area contributed by atoms with Crippen LogP contribution in [0.5, 0.6) is 0 Å². The number of hydrogen-bond donors (Lipinski definition) is 1. The fourth-order valence-corrected chi connectivity index (χ4v) is 3.08. The molecular formula is C18H17BrClN3O2. The number of benzene rings is 2. The van der Waals surface area contributed by atoms with Crippen molar-refractivity contribution in [1.82, 2.24) is 9.80 Å². The van der Waals surface area contributed by atoms with Gasteiger partial charge in [-0.05, 0) is 46.3 Å². The Hall–Kier alpha value is -2.05. The van der Waals surface area contributed by atoms with Gasteiger partial charge in [0.05, 0.1) is 5.02 Å². The van der Waals surface area contributed by atoms with Crippen LogP contribution >= 0.6 is 27.5 Å². The molecule has 5 nitrogen and oxygen atoms in total. The van der Waals surface area contributed by atoms with Crippen LogP contribution in [0.3, 0.4) is 0 Å². The highest BCUT2D eigenvalue weighted by molar-refractivity contribution is 9.10. The Bertz CT molecular complexity index is 777. The van der Waals surface area contributed by atoms with E-state index in [1.807, 2.05) is 18.2 Å². The third-order valence-corrected chi connectivity index (χ3v) is 5.28. The van der Waals surface area contributed by atoms with Crippen molar-refractivity contribution in [3.05, 3.63) is 63.6 Å². The lowest BCUT2D eigenvalue weighted by Crippen LogP contribution is -2.51. The predicted octanol–water partition coefficient (Wildman–Crippen LogP) is 4.09. The first kappa shape index (κ1) is 17.8. The summed E-state index contributed by atoms with van der Waals surface area (Å²) in [6, 6.07) is 14.3. The predicted molar refractivity (Wildman–Crippen MR) is 102 cm³/mol. The van der Waals surface area contributed by atoms with Crippen LogP contribution in [0.4, 0.5) is 10.5 Å². The van der Waals surface area contributed by atoms with Crippen LogP contribution in [-0.4, -0.2) is 47.9 Å². The molecule has 0 bridgehead atoms. The van der Waals surface area contributed by atoms with Gasteiger partial charge in [0.2, 0.25) is 0 Å². The molecule has 2 aromatic rings. The summed E-state index contributed by atoms with van der Waals surface area (Å²) in [6.45, 7) is 2.02. The number of urea groups is 1. The Morgan fingerprint density at radius 1 is 0.960 bits per heavy atom. The standard InChI is InChI=1S/C18H17BrClN3O2/c19-15-7-6-14(12-16(15)20)21-18(25)23-10-8-22(9-11-23)17(24)13-4-2-1-3-5-13/h1-7,12H,8-11H2,(H,21,25). The Kier molecular flexibility index (Phi) is 5.60. The molecule has 0 radical (unpaired) electrons. The summed E-state index contributed by atoms with van der Waals surface area (Å²) >= 11 is 9.36. The van der Waals surface area contributed by atoms with Crippen molar-refractivity contribution < 1.29 is 9.59 Å². The molecule has 3 amide bonds. The molecule has 1 heterocycles. The van der Waals surface area contributed by atoms with Gasteiger partial charge < -0.3 is 15.1 Å². The molecule has 0 aromatic heterocycles. The van der Waals surface area contributed by atoms with Crippen molar-refractivity contribution in [3.8, 4) is 0 Å². The summed E-state index contributed by atoms with van der Waals surface area (Å²) in [5, 5.41) is 3.37. The monoisotopic (exact) mass is 421 g/mol. The number of halogens is 2. The second-order valence-corrected chi connectivity index (χ2v) is 6.97. The van der Waals surface area contributed by atoms with E-state index in [-0.39, 0.29) is 11.9 Å². The molecule has 1 aliphatic rings. The molecule has 0 atom stereocenters. The van der Waals surface area contributed by atoms with E-state index in [4.69, 9.17) is 11.6 Å². The lowest BCUT2D eigenvalue weighted by atomic mass is 10.2. The van der Waals surface area contributed by atoms with Gasteiger partial charge in [0, 0.05) is 41.9 Å². The molecule has 2 aromatic carbocycles. The first-order valence-corrected chi connectivity index (χ1v) is 9.07. The summed E-state index contributed by atoms with van der Waals surface area (Å²) in [5.41, 5.74) is 1.31. The van der Waals surface area contributed by atoms with Crippen LogP contribution in [0, 0.1) is 0 Å². The highest BCUT2D eigenvalue weighted by atomic mass is 79.9. The average molecular weight is 423 g/mol. The minimum atomic E-state index is -0.190. The SMILES string of the molecule is O=C(Nc1ccc(Br)c(Cl)c1)N1CCN(C(=O)c2ccccc2)CC1. The maximum absolute atomic E-state index is 12.4. The molecule has 1 saturated heterocycles. The van der Waals surface area contributed by atoms with Crippen LogP contribution in [0.1, 0.15) is 10.4 Å². The van der Waals surface area contributed by atoms with Crippen LogP contribution in [-0.2, 0) is 0 Å². The van der Waals surface area contributed by atoms with Crippen molar-refractivity contribution in [3.63, 3.8) is 0 Å². The normalized spacial score (nSPS) is 14.3. The third kappa shape index (κ3) is 4.32. The molecule has 1 N–H and O–H groups in total. The summed E-state index contributed by atoms with van der Waals surface area (Å²) in [4.78, 5) is 28.3. The van der Waals surface area contributed by atoms with Crippen molar-refractivity contribution in [2.45, 2.75) is 0 Å². The van der Waals surface area contributed by atoms with E-state index in [1.54, 1.807) is 40.1 Å². The van der Waals surface area contributed by atoms with Gasteiger partial charge in [-0.25, -0.2) is 4.79 Å². The van der Waals surface area contributed by atoms with Gasteiger partial charge in [-0.2, -0.15) is 0 Å². The van der Waals surface area contributed by atoms with Crippen molar-refractivity contribution in [2.24, 2.45) is 0 Å². The first-order valence-electron chi connectivity index (χ1n) is 7.90. The zero-order valence-corrected chi connectivity index (χ0v) is 15.8. The van der Waals surface area contributed by atoms with Gasteiger partial charge >= 0.3 is 6.03 Å². The number of hydrogen-bond acceptors (Lipinski definition) is 2. The molecule has 3 rings (SSSR count). The average Bonchev–Trinajstić information content (AvgIpc) is 2.65. The third-order valence-electron chi connectivity index (χ3n) is 4.05. The fourth-order valence-electron chi connectivity index (χ4n) is 2.65. The smallest absolute Gasteiger partial charge is 0.321 e. The minimum absolute atomic E-state index is 0.000324. The zero-order chi connectivity index (χ0) is 17.8. The van der Waals surface area contributed by atoms with E-state index in [9.17, 15) is 9.59 Å². The quantitative estimate of drug-likeness (QED) is 0.792. The van der Waals surface area contributed by atoms with Crippen LogP contribution in [0.15, 0.2) is 53.0 Å². The van der Waals surface area contributed by atoms with E-state index in [1.165, 1.54) is 0 Å². The van der Waals surface area contributed by atoms with Gasteiger partial charge in [-0.15, -0.1) is 0 Å². The van der Waals surface area contributed by atoms with Crippen LogP contribution in [0.2, 0.25) is 5.02 Å². The highest BCUT2D eigenvalue weighted by Crippen LogP contribution is 2.25. The van der Waals surface area contributed by atoms with E-state index in [0.29, 0.717) is 42.5 Å². The van der Waals surface area contributed by atoms with Crippen molar-refractivity contribution >= 4 is 45.2 Å². The zero-order valence-electron chi connectivity index (χ0n) is 13.4. The Morgan fingerprint density at radius 2 is 1.60 bits per heavy atom. The molecule has 130 valence electrons. The molecule has 1 aliphatic heterocycles. The van der Waals surface area contributed by atoms with E-state index >= 15 is 0 Å². The van der Waals surface area contributed by atoms with Gasteiger partial charge in [0.15, 0.2) is 0 Å². The maximum Gasteiger partial charge on any atom is 0.321 e. The van der Waals surface area contributed by atoms with Crippen molar-refractivity contribution in [2.75, 3.05) is 31.5 Å². The number of nitrogens with one attached hydrogen (secondary N) is 1. The highest BCUT2D eigenvalue weighted by Gasteiger charge is 2.24. The second kappa shape index (κ2) is 7.89. The number of piperazine rings is 1. The number of amides is 3. The number of nitrogens with zero attached hydrogens (tertiary/aromatic N) is 2.